The van der Waals surface area contributed by atoms with Crippen molar-refractivity contribution in [3.8, 4) is 5.75 Å². The van der Waals surface area contributed by atoms with Crippen molar-refractivity contribution in [2.75, 3.05) is 0 Å². The summed E-state index contributed by atoms with van der Waals surface area (Å²) >= 11 is 0. The van der Waals surface area contributed by atoms with Crippen LogP contribution in [0.1, 0.15) is 27.3 Å². The van der Waals surface area contributed by atoms with Crippen LogP contribution in [0.25, 0.3) is 0 Å². The number of aryl methyl sites for hydroxylation is 2. The summed E-state index contributed by atoms with van der Waals surface area (Å²) in [6, 6.07) is 10.5. The first-order valence-corrected chi connectivity index (χ1v) is 6.06. The number of phenolic OH excluding ortho intramolecular Hbond substituents is 1. The summed E-state index contributed by atoms with van der Waals surface area (Å²) in [5.41, 5.74) is 2.91. The van der Waals surface area contributed by atoms with Crippen LogP contribution < -0.4 is 5.32 Å². The first-order valence-electron chi connectivity index (χ1n) is 6.06. The van der Waals surface area contributed by atoms with Gasteiger partial charge in [-0.3, -0.25) is 9.78 Å². The van der Waals surface area contributed by atoms with Gasteiger partial charge in [-0.1, -0.05) is 12.1 Å². The number of aromatic nitrogens is 1. The molecule has 2 rings (SSSR count). The van der Waals surface area contributed by atoms with Gasteiger partial charge in [-0.2, -0.15) is 0 Å². The summed E-state index contributed by atoms with van der Waals surface area (Å²) in [7, 11) is 0. The molecule has 0 radical (unpaired) electrons. The molecule has 0 aliphatic heterocycles. The topological polar surface area (TPSA) is 62.2 Å². The highest BCUT2D eigenvalue weighted by atomic mass is 16.3. The lowest BCUT2D eigenvalue weighted by Gasteiger charge is -2.06. The zero-order chi connectivity index (χ0) is 13.8. The number of amides is 1. The van der Waals surface area contributed by atoms with Crippen LogP contribution in [-0.4, -0.2) is 16.0 Å². The number of rotatable bonds is 3. The van der Waals surface area contributed by atoms with E-state index in [9.17, 15) is 9.90 Å². The maximum Gasteiger partial charge on any atom is 0.251 e. The third-order valence-electron chi connectivity index (χ3n) is 2.85. The lowest BCUT2D eigenvalue weighted by molar-refractivity contribution is 0.0950. The fraction of sp³-hybridized carbons (Fsp3) is 0.200. The second-order valence-corrected chi connectivity index (χ2v) is 4.45. The average Bonchev–Trinajstić information content (AvgIpc) is 2.39. The molecule has 0 atom stereocenters. The molecule has 1 heterocycles. The van der Waals surface area contributed by atoms with Gasteiger partial charge in [0.05, 0.1) is 12.2 Å². The van der Waals surface area contributed by atoms with Gasteiger partial charge in [0, 0.05) is 11.3 Å². The summed E-state index contributed by atoms with van der Waals surface area (Å²) in [5.74, 6) is -0.0973. The molecule has 0 aliphatic rings. The number of benzene rings is 1. The highest BCUT2D eigenvalue weighted by Gasteiger charge is 2.07. The fourth-order valence-corrected chi connectivity index (χ4v) is 1.72. The van der Waals surface area contributed by atoms with Gasteiger partial charge >= 0.3 is 0 Å². The van der Waals surface area contributed by atoms with Crippen LogP contribution in [-0.2, 0) is 6.54 Å². The maximum absolute atomic E-state index is 11.9. The number of phenols is 1. The molecule has 1 aromatic carbocycles. The fourth-order valence-electron chi connectivity index (χ4n) is 1.72. The van der Waals surface area contributed by atoms with Gasteiger partial charge < -0.3 is 10.4 Å². The predicted octanol–water partition coefficient (Wildman–Crippen LogP) is 2.33. The Hall–Kier alpha value is -2.36. The van der Waals surface area contributed by atoms with Crippen LogP contribution in [0.3, 0.4) is 0 Å². The largest absolute Gasteiger partial charge is 0.508 e. The van der Waals surface area contributed by atoms with Crippen LogP contribution in [0.5, 0.6) is 5.75 Å². The first-order chi connectivity index (χ1) is 9.06. The minimum Gasteiger partial charge on any atom is -0.508 e. The van der Waals surface area contributed by atoms with Gasteiger partial charge in [-0.15, -0.1) is 0 Å². The number of pyridine rings is 1. The average molecular weight is 256 g/mol. The molecule has 0 fully saturated rings. The molecule has 19 heavy (non-hydrogen) atoms. The Morgan fingerprint density at radius 1 is 1.26 bits per heavy atom. The summed E-state index contributed by atoms with van der Waals surface area (Å²) in [6.45, 7) is 4.06. The molecular formula is C15H16N2O2. The standard InChI is InChI=1S/C15H16N2O2/c1-10-6-7-12(8-14(10)18)15(19)16-9-13-5-3-4-11(2)17-13/h3-8,18H,9H2,1-2H3,(H,16,19). The van der Waals surface area contributed by atoms with Crippen molar-refractivity contribution in [3.05, 3.63) is 58.9 Å². The molecule has 4 nitrogen and oxygen atoms in total. The van der Waals surface area contributed by atoms with E-state index in [2.05, 4.69) is 10.3 Å². The first kappa shape index (κ1) is 13.1. The van der Waals surface area contributed by atoms with Crippen LogP contribution in [0.15, 0.2) is 36.4 Å². The third-order valence-corrected chi connectivity index (χ3v) is 2.85. The molecule has 98 valence electrons. The minimum absolute atomic E-state index is 0.126. The van der Waals surface area contributed by atoms with Crippen molar-refractivity contribution in [1.29, 1.82) is 0 Å². The molecule has 1 amide bonds. The maximum atomic E-state index is 11.9. The Morgan fingerprint density at radius 3 is 2.74 bits per heavy atom. The Bertz CT molecular complexity index is 609. The number of carbonyl (C=O) groups excluding carboxylic acids is 1. The van der Waals surface area contributed by atoms with Crippen molar-refractivity contribution in [2.24, 2.45) is 0 Å². The second-order valence-electron chi connectivity index (χ2n) is 4.45. The highest BCUT2D eigenvalue weighted by Crippen LogP contribution is 2.17. The van der Waals surface area contributed by atoms with Crippen molar-refractivity contribution >= 4 is 5.91 Å². The number of hydrogen-bond acceptors (Lipinski definition) is 3. The number of hydrogen-bond donors (Lipinski definition) is 2. The van der Waals surface area contributed by atoms with E-state index in [0.29, 0.717) is 12.1 Å². The molecule has 0 aliphatic carbocycles. The second kappa shape index (κ2) is 5.52. The number of carbonyl (C=O) groups is 1. The highest BCUT2D eigenvalue weighted by molar-refractivity contribution is 5.94. The molecule has 0 spiro atoms. The SMILES string of the molecule is Cc1cccc(CNC(=O)c2ccc(C)c(O)c2)n1. The quantitative estimate of drug-likeness (QED) is 0.886. The zero-order valence-corrected chi connectivity index (χ0v) is 11.0. The van der Waals surface area contributed by atoms with Crippen molar-refractivity contribution in [1.82, 2.24) is 10.3 Å². The number of nitrogens with zero attached hydrogens (tertiary/aromatic N) is 1. The van der Waals surface area contributed by atoms with Crippen LogP contribution in [0.2, 0.25) is 0 Å². The minimum atomic E-state index is -0.224. The Labute approximate surface area is 112 Å². The molecular weight excluding hydrogens is 240 g/mol. The van der Waals surface area contributed by atoms with E-state index >= 15 is 0 Å². The van der Waals surface area contributed by atoms with E-state index in [-0.39, 0.29) is 11.7 Å². The van der Waals surface area contributed by atoms with Crippen LogP contribution >= 0.6 is 0 Å². The summed E-state index contributed by atoms with van der Waals surface area (Å²) in [6.07, 6.45) is 0. The lowest BCUT2D eigenvalue weighted by Crippen LogP contribution is -2.23. The molecule has 0 saturated heterocycles. The van der Waals surface area contributed by atoms with Crippen LogP contribution in [0, 0.1) is 13.8 Å². The third kappa shape index (κ3) is 3.31. The zero-order valence-electron chi connectivity index (χ0n) is 11.0. The van der Waals surface area contributed by atoms with E-state index < -0.39 is 0 Å². The van der Waals surface area contributed by atoms with Gasteiger partial charge in [0.15, 0.2) is 0 Å². The molecule has 2 aromatic rings. The molecule has 0 bridgehead atoms. The Morgan fingerprint density at radius 2 is 2.05 bits per heavy atom. The molecule has 4 heteroatoms. The Balaban J connectivity index is 2.03. The number of nitrogens with one attached hydrogen (secondary N) is 1. The molecule has 0 unspecified atom stereocenters. The Kier molecular flexibility index (Phi) is 3.80. The van der Waals surface area contributed by atoms with Gasteiger partial charge in [0.2, 0.25) is 0 Å². The van der Waals surface area contributed by atoms with E-state index in [1.807, 2.05) is 25.1 Å². The van der Waals surface area contributed by atoms with Crippen LogP contribution in [0.4, 0.5) is 0 Å². The van der Waals surface area contributed by atoms with Crippen molar-refractivity contribution < 1.29 is 9.90 Å². The van der Waals surface area contributed by atoms with Gasteiger partial charge in [-0.05, 0) is 43.7 Å². The van der Waals surface area contributed by atoms with Crippen molar-refractivity contribution in [2.45, 2.75) is 20.4 Å². The van der Waals surface area contributed by atoms with Gasteiger partial charge in [0.25, 0.3) is 5.91 Å². The number of aromatic hydroxyl groups is 1. The van der Waals surface area contributed by atoms with Gasteiger partial charge in [0.1, 0.15) is 5.75 Å². The lowest BCUT2D eigenvalue weighted by atomic mass is 10.1. The monoisotopic (exact) mass is 256 g/mol. The van der Waals surface area contributed by atoms with E-state index in [1.54, 1.807) is 19.1 Å². The molecule has 1 aromatic heterocycles. The van der Waals surface area contributed by atoms with Gasteiger partial charge in [-0.25, -0.2) is 0 Å². The van der Waals surface area contributed by atoms with E-state index in [4.69, 9.17) is 0 Å². The smallest absolute Gasteiger partial charge is 0.251 e. The molecule has 0 saturated carbocycles. The predicted molar refractivity (Wildman–Crippen MR) is 73.0 cm³/mol. The van der Waals surface area contributed by atoms with E-state index in [0.717, 1.165) is 17.0 Å². The summed E-state index contributed by atoms with van der Waals surface area (Å²) < 4.78 is 0. The molecule has 2 N–H and O–H groups in total. The summed E-state index contributed by atoms with van der Waals surface area (Å²) in [5, 5.41) is 12.4. The van der Waals surface area contributed by atoms with E-state index in [1.165, 1.54) is 6.07 Å². The summed E-state index contributed by atoms with van der Waals surface area (Å²) in [4.78, 5) is 16.2. The normalized spacial score (nSPS) is 10.2. The van der Waals surface area contributed by atoms with Crippen molar-refractivity contribution in [3.63, 3.8) is 0 Å².